The molecule has 0 aliphatic heterocycles. The number of amides is 1. The van der Waals surface area contributed by atoms with E-state index in [1.807, 2.05) is 0 Å². The van der Waals surface area contributed by atoms with Gasteiger partial charge in [-0.3, -0.25) is 14.9 Å². The molecular formula is C25H33N3O5. The Morgan fingerprint density at radius 1 is 1.18 bits per heavy atom. The zero-order valence-corrected chi connectivity index (χ0v) is 19.4. The lowest BCUT2D eigenvalue weighted by atomic mass is 9.75. The van der Waals surface area contributed by atoms with Gasteiger partial charge in [-0.2, -0.15) is 0 Å². The monoisotopic (exact) mass is 455 g/mol. The van der Waals surface area contributed by atoms with Gasteiger partial charge in [0.25, 0.3) is 5.69 Å². The van der Waals surface area contributed by atoms with Gasteiger partial charge in [0.15, 0.2) is 0 Å². The van der Waals surface area contributed by atoms with Gasteiger partial charge in [-0.25, -0.2) is 0 Å². The SMILES string of the molecule is CC1CCC(C(C)C)C(OCC(=O)Nc2ccc(NCc3cc([N+](=O)[O-])ccc3O)cc2)C1. The number of carbonyl (C=O) groups excluding carboxylic acids is 1. The van der Waals surface area contributed by atoms with Crippen molar-refractivity contribution in [3.8, 4) is 5.75 Å². The molecule has 1 amide bonds. The Balaban J connectivity index is 1.49. The molecule has 3 rings (SSSR count). The normalized spacial score (nSPS) is 20.4. The molecule has 3 N–H and O–H groups in total. The van der Waals surface area contributed by atoms with Crippen molar-refractivity contribution < 1.29 is 19.6 Å². The van der Waals surface area contributed by atoms with Gasteiger partial charge in [0.1, 0.15) is 12.4 Å². The van der Waals surface area contributed by atoms with E-state index < -0.39 is 4.92 Å². The second-order valence-corrected chi connectivity index (χ2v) is 9.22. The molecule has 178 valence electrons. The highest BCUT2D eigenvalue weighted by Gasteiger charge is 2.31. The van der Waals surface area contributed by atoms with Crippen LogP contribution in [0, 0.1) is 27.9 Å². The summed E-state index contributed by atoms with van der Waals surface area (Å²) in [4.78, 5) is 22.8. The van der Waals surface area contributed by atoms with Crippen molar-refractivity contribution in [3.05, 3.63) is 58.1 Å². The number of carbonyl (C=O) groups is 1. The number of non-ortho nitro benzene ring substituents is 1. The van der Waals surface area contributed by atoms with Crippen molar-refractivity contribution in [2.24, 2.45) is 17.8 Å². The minimum atomic E-state index is -0.498. The van der Waals surface area contributed by atoms with Crippen LogP contribution in [0.1, 0.15) is 45.6 Å². The third kappa shape index (κ3) is 6.92. The average Bonchev–Trinajstić information content (AvgIpc) is 2.77. The molecule has 3 unspecified atom stereocenters. The number of rotatable bonds is 9. The first-order valence-corrected chi connectivity index (χ1v) is 11.4. The van der Waals surface area contributed by atoms with Gasteiger partial charge in [-0.15, -0.1) is 0 Å². The lowest BCUT2D eigenvalue weighted by Crippen LogP contribution is -2.36. The Bertz CT molecular complexity index is 961. The fourth-order valence-electron chi connectivity index (χ4n) is 4.38. The number of hydrogen-bond acceptors (Lipinski definition) is 6. The largest absolute Gasteiger partial charge is 0.508 e. The van der Waals surface area contributed by atoms with E-state index in [1.165, 1.54) is 24.6 Å². The Morgan fingerprint density at radius 2 is 1.88 bits per heavy atom. The number of nitrogens with zero attached hydrogens (tertiary/aromatic N) is 1. The topological polar surface area (TPSA) is 114 Å². The highest BCUT2D eigenvalue weighted by molar-refractivity contribution is 5.91. The van der Waals surface area contributed by atoms with Crippen molar-refractivity contribution in [2.75, 3.05) is 17.2 Å². The molecule has 8 heteroatoms. The number of benzene rings is 2. The van der Waals surface area contributed by atoms with Gasteiger partial charge < -0.3 is 20.5 Å². The first-order valence-electron chi connectivity index (χ1n) is 11.4. The number of hydrogen-bond donors (Lipinski definition) is 3. The van der Waals surface area contributed by atoms with Crippen LogP contribution in [0.15, 0.2) is 42.5 Å². The molecule has 0 radical (unpaired) electrons. The van der Waals surface area contributed by atoms with Gasteiger partial charge in [-0.05, 0) is 60.9 Å². The van der Waals surface area contributed by atoms with Crippen LogP contribution in [0.2, 0.25) is 0 Å². The predicted octanol–water partition coefficient (Wildman–Crippen LogP) is 5.33. The minimum Gasteiger partial charge on any atom is -0.508 e. The summed E-state index contributed by atoms with van der Waals surface area (Å²) < 4.78 is 6.01. The molecule has 0 spiro atoms. The number of aromatic hydroxyl groups is 1. The number of ether oxygens (including phenoxy) is 1. The molecule has 8 nitrogen and oxygen atoms in total. The molecule has 0 bridgehead atoms. The van der Waals surface area contributed by atoms with Crippen LogP contribution in [0.25, 0.3) is 0 Å². The van der Waals surface area contributed by atoms with Crippen molar-refractivity contribution in [2.45, 2.75) is 52.7 Å². The second-order valence-electron chi connectivity index (χ2n) is 9.22. The smallest absolute Gasteiger partial charge is 0.270 e. The Kier molecular flexibility index (Phi) is 8.27. The molecule has 0 heterocycles. The molecule has 2 aromatic rings. The second kappa shape index (κ2) is 11.1. The summed E-state index contributed by atoms with van der Waals surface area (Å²) in [6.45, 7) is 6.93. The lowest BCUT2D eigenvalue weighted by molar-refractivity contribution is -0.384. The van der Waals surface area contributed by atoms with E-state index in [-0.39, 0.29) is 36.6 Å². The van der Waals surface area contributed by atoms with Crippen LogP contribution in [0.5, 0.6) is 5.75 Å². The molecule has 1 aliphatic rings. The lowest BCUT2D eigenvalue weighted by Gasteiger charge is -2.37. The molecule has 1 fully saturated rings. The van der Waals surface area contributed by atoms with Gasteiger partial charge in [0.2, 0.25) is 5.91 Å². The van der Waals surface area contributed by atoms with Crippen molar-refractivity contribution in [3.63, 3.8) is 0 Å². The summed E-state index contributed by atoms with van der Waals surface area (Å²) in [7, 11) is 0. The number of nitro groups is 1. The van der Waals surface area contributed by atoms with Crippen molar-refractivity contribution in [1.82, 2.24) is 0 Å². The summed E-state index contributed by atoms with van der Waals surface area (Å²) in [5, 5.41) is 26.8. The summed E-state index contributed by atoms with van der Waals surface area (Å²) in [6, 6.07) is 11.0. The first-order chi connectivity index (χ1) is 15.7. The fourth-order valence-corrected chi connectivity index (χ4v) is 4.38. The van der Waals surface area contributed by atoms with Gasteiger partial charge in [0, 0.05) is 35.6 Å². The number of phenolic OH excluding ortho intramolecular Hbond substituents is 1. The molecule has 1 saturated carbocycles. The van der Waals surface area contributed by atoms with E-state index in [0.29, 0.717) is 29.0 Å². The summed E-state index contributed by atoms with van der Waals surface area (Å²) in [6.07, 6.45) is 3.48. The predicted molar refractivity (Wildman–Crippen MR) is 128 cm³/mol. The van der Waals surface area contributed by atoms with Crippen molar-refractivity contribution in [1.29, 1.82) is 0 Å². The third-order valence-corrected chi connectivity index (χ3v) is 6.32. The summed E-state index contributed by atoms with van der Waals surface area (Å²) >= 11 is 0. The fraction of sp³-hybridized carbons (Fsp3) is 0.480. The van der Waals surface area contributed by atoms with Crippen molar-refractivity contribution >= 4 is 23.0 Å². The zero-order chi connectivity index (χ0) is 24.0. The van der Waals surface area contributed by atoms with E-state index in [2.05, 4.69) is 31.4 Å². The summed E-state index contributed by atoms with van der Waals surface area (Å²) in [5.41, 5.74) is 1.76. The van der Waals surface area contributed by atoms with E-state index in [1.54, 1.807) is 24.3 Å². The van der Waals surface area contributed by atoms with E-state index in [4.69, 9.17) is 4.74 Å². The molecular weight excluding hydrogens is 422 g/mol. The third-order valence-electron chi connectivity index (χ3n) is 6.32. The molecule has 1 aliphatic carbocycles. The van der Waals surface area contributed by atoms with Crippen LogP contribution in [0.3, 0.4) is 0 Å². The Labute approximate surface area is 194 Å². The highest BCUT2D eigenvalue weighted by Crippen LogP contribution is 2.35. The van der Waals surface area contributed by atoms with E-state index in [0.717, 1.165) is 18.5 Å². The van der Waals surface area contributed by atoms with E-state index in [9.17, 15) is 20.0 Å². The maximum absolute atomic E-state index is 12.4. The van der Waals surface area contributed by atoms with Crippen LogP contribution < -0.4 is 10.6 Å². The van der Waals surface area contributed by atoms with E-state index >= 15 is 0 Å². The molecule has 3 atom stereocenters. The Morgan fingerprint density at radius 3 is 2.55 bits per heavy atom. The first kappa shape index (κ1) is 24.5. The maximum atomic E-state index is 12.4. The molecule has 0 aromatic heterocycles. The Hall–Kier alpha value is -3.13. The number of anilines is 2. The van der Waals surface area contributed by atoms with Crippen LogP contribution in [0.4, 0.5) is 17.1 Å². The van der Waals surface area contributed by atoms with Gasteiger partial charge >= 0.3 is 0 Å². The number of phenols is 1. The van der Waals surface area contributed by atoms with Crippen LogP contribution in [-0.2, 0) is 16.1 Å². The van der Waals surface area contributed by atoms with Gasteiger partial charge in [-0.1, -0.05) is 27.2 Å². The van der Waals surface area contributed by atoms with Crippen LogP contribution in [-0.4, -0.2) is 28.6 Å². The average molecular weight is 456 g/mol. The van der Waals surface area contributed by atoms with Gasteiger partial charge in [0.05, 0.1) is 11.0 Å². The summed E-state index contributed by atoms with van der Waals surface area (Å²) in [5.74, 6) is 1.46. The highest BCUT2D eigenvalue weighted by atomic mass is 16.6. The quantitative estimate of drug-likeness (QED) is 0.348. The zero-order valence-electron chi connectivity index (χ0n) is 19.4. The number of nitrogens with one attached hydrogen (secondary N) is 2. The standard InChI is InChI=1S/C25H33N3O5/c1-16(2)22-10-4-17(3)12-24(22)33-15-25(30)27-20-7-5-19(6-8-20)26-14-18-13-21(28(31)32)9-11-23(18)29/h5-9,11,13,16-17,22,24,26,29H,4,10,12,14-15H2,1-3H3,(H,27,30). The molecule has 0 saturated heterocycles. The van der Waals surface area contributed by atoms with Crippen LogP contribution >= 0.6 is 0 Å². The minimum absolute atomic E-state index is 0.0101. The maximum Gasteiger partial charge on any atom is 0.270 e. The number of nitro benzene ring substituents is 1. The molecule has 33 heavy (non-hydrogen) atoms. The molecule has 2 aromatic carbocycles.